The van der Waals surface area contributed by atoms with Crippen molar-refractivity contribution in [2.45, 2.75) is 0 Å². The van der Waals surface area contributed by atoms with Crippen molar-refractivity contribution in [2.24, 2.45) is 0 Å². The minimum Gasteiger partial charge on any atom is -0.351 e. The molecule has 0 aliphatic rings. The normalized spacial score (nSPS) is 10.5. The van der Waals surface area contributed by atoms with Crippen molar-refractivity contribution >= 4 is 11.2 Å². The maximum atomic E-state index is 4.65. The van der Waals surface area contributed by atoms with Crippen molar-refractivity contribution in [3.63, 3.8) is 0 Å². The molecule has 4 heteroatoms. The molecule has 4 nitrogen and oxygen atoms in total. The van der Waals surface area contributed by atoms with Crippen molar-refractivity contribution < 1.29 is 9.05 Å². The lowest BCUT2D eigenvalue weighted by atomic mass is 10.6. The van der Waals surface area contributed by atoms with Gasteiger partial charge in [-0.1, -0.05) is 10.3 Å². The Balaban J connectivity index is 3.06. The van der Waals surface area contributed by atoms with E-state index < -0.39 is 0 Å². The molecular formula is C4H2N2O2. The molecule has 2 heterocycles. The second-order valence-corrected chi connectivity index (χ2v) is 1.38. The van der Waals surface area contributed by atoms with E-state index >= 15 is 0 Å². The minimum atomic E-state index is 0.588. The van der Waals surface area contributed by atoms with Crippen LogP contribution in [0.15, 0.2) is 21.4 Å². The molecule has 0 saturated heterocycles. The van der Waals surface area contributed by atoms with Crippen LogP contribution in [-0.4, -0.2) is 10.3 Å². The highest BCUT2D eigenvalue weighted by atomic mass is 16.5. The van der Waals surface area contributed by atoms with E-state index in [-0.39, 0.29) is 0 Å². The van der Waals surface area contributed by atoms with Gasteiger partial charge in [0.15, 0.2) is 0 Å². The van der Waals surface area contributed by atoms with Gasteiger partial charge in [-0.2, -0.15) is 0 Å². The van der Waals surface area contributed by atoms with E-state index in [1.807, 2.05) is 0 Å². The van der Waals surface area contributed by atoms with Crippen LogP contribution in [0.5, 0.6) is 0 Å². The van der Waals surface area contributed by atoms with Gasteiger partial charge < -0.3 is 9.05 Å². The first-order chi connectivity index (χ1) is 3.97. The van der Waals surface area contributed by atoms with Gasteiger partial charge in [-0.25, -0.2) is 0 Å². The van der Waals surface area contributed by atoms with Gasteiger partial charge in [-0.3, -0.25) is 0 Å². The quantitative estimate of drug-likeness (QED) is 0.503. The molecule has 0 atom stereocenters. The van der Waals surface area contributed by atoms with Crippen LogP contribution in [0.4, 0.5) is 0 Å². The van der Waals surface area contributed by atoms with Crippen LogP contribution in [0.2, 0.25) is 0 Å². The first kappa shape index (κ1) is 3.65. The number of hydrogen-bond acceptors (Lipinski definition) is 4. The Morgan fingerprint density at radius 1 is 1.00 bits per heavy atom. The van der Waals surface area contributed by atoms with E-state index in [0.29, 0.717) is 11.2 Å². The zero-order chi connectivity index (χ0) is 5.40. The summed E-state index contributed by atoms with van der Waals surface area (Å²) >= 11 is 0. The van der Waals surface area contributed by atoms with Gasteiger partial charge in [-0.15, -0.1) is 0 Å². The maximum Gasteiger partial charge on any atom is 0.226 e. The highest BCUT2D eigenvalue weighted by Gasteiger charge is 1.98. The Kier molecular flexibility index (Phi) is 0.498. The SMILES string of the molecule is c1noc2cnoc12. The summed E-state index contributed by atoms with van der Waals surface area (Å²) in [6, 6.07) is 0. The molecule has 40 valence electrons. The van der Waals surface area contributed by atoms with Crippen LogP contribution >= 0.6 is 0 Å². The predicted octanol–water partition coefficient (Wildman–Crippen LogP) is 0.816. The molecule has 0 spiro atoms. The molecule has 0 aliphatic heterocycles. The summed E-state index contributed by atoms with van der Waals surface area (Å²) < 4.78 is 9.30. The topological polar surface area (TPSA) is 52.1 Å². The van der Waals surface area contributed by atoms with Crippen molar-refractivity contribution in [3.05, 3.63) is 12.4 Å². The molecule has 0 fully saturated rings. The molecule has 2 rings (SSSR count). The van der Waals surface area contributed by atoms with Crippen molar-refractivity contribution in [1.29, 1.82) is 0 Å². The molecule has 0 N–H and O–H groups in total. The fourth-order valence-electron chi connectivity index (χ4n) is 0.526. The average Bonchev–Trinajstić information content (AvgIpc) is 2.15. The van der Waals surface area contributed by atoms with Crippen molar-refractivity contribution in [3.8, 4) is 0 Å². The average molecular weight is 110 g/mol. The monoisotopic (exact) mass is 110 g/mol. The number of aromatic nitrogens is 2. The molecule has 0 aromatic carbocycles. The van der Waals surface area contributed by atoms with Crippen LogP contribution in [0, 0.1) is 0 Å². The van der Waals surface area contributed by atoms with Gasteiger partial charge in [0.25, 0.3) is 0 Å². The maximum absolute atomic E-state index is 4.65. The summed E-state index contributed by atoms with van der Waals surface area (Å²) in [4.78, 5) is 0. The summed E-state index contributed by atoms with van der Waals surface area (Å²) in [6.07, 6.45) is 2.95. The Morgan fingerprint density at radius 2 is 1.50 bits per heavy atom. The molecule has 0 radical (unpaired) electrons. The standard InChI is InChI=1S/C4H2N2O2/c1-3-4(8-5-1)2-6-7-3/h1-2H. The van der Waals surface area contributed by atoms with E-state index in [2.05, 4.69) is 19.4 Å². The molecule has 8 heavy (non-hydrogen) atoms. The van der Waals surface area contributed by atoms with Crippen LogP contribution < -0.4 is 0 Å². The lowest BCUT2D eigenvalue weighted by Crippen LogP contribution is -1.49. The Bertz CT molecular complexity index is 233. The Labute approximate surface area is 44.0 Å². The summed E-state index contributed by atoms with van der Waals surface area (Å²) in [7, 11) is 0. The fraction of sp³-hybridized carbons (Fsp3) is 0. The fourth-order valence-corrected chi connectivity index (χ4v) is 0.526. The largest absolute Gasteiger partial charge is 0.351 e. The van der Waals surface area contributed by atoms with Gasteiger partial charge in [-0.05, 0) is 0 Å². The summed E-state index contributed by atoms with van der Waals surface area (Å²) in [6.45, 7) is 0. The molecular weight excluding hydrogens is 108 g/mol. The van der Waals surface area contributed by atoms with Gasteiger partial charge >= 0.3 is 0 Å². The van der Waals surface area contributed by atoms with Gasteiger partial charge in [0.2, 0.25) is 11.2 Å². The summed E-state index contributed by atoms with van der Waals surface area (Å²) in [5.74, 6) is 0. The van der Waals surface area contributed by atoms with Crippen molar-refractivity contribution in [2.75, 3.05) is 0 Å². The second-order valence-electron chi connectivity index (χ2n) is 1.38. The van der Waals surface area contributed by atoms with Crippen LogP contribution in [0.25, 0.3) is 11.2 Å². The molecule has 0 aliphatic carbocycles. The van der Waals surface area contributed by atoms with E-state index in [1.165, 1.54) is 12.4 Å². The Morgan fingerprint density at radius 3 is 2.00 bits per heavy atom. The summed E-state index contributed by atoms with van der Waals surface area (Å²) in [5.41, 5.74) is 1.18. The van der Waals surface area contributed by atoms with E-state index in [9.17, 15) is 0 Å². The van der Waals surface area contributed by atoms with E-state index in [4.69, 9.17) is 0 Å². The zero-order valence-electron chi connectivity index (χ0n) is 3.87. The molecule has 2 aromatic rings. The third-order valence-corrected chi connectivity index (χ3v) is 0.885. The van der Waals surface area contributed by atoms with Gasteiger partial charge in [0, 0.05) is 0 Å². The third kappa shape index (κ3) is 0.294. The number of hydrogen-bond donors (Lipinski definition) is 0. The number of fused-ring (bicyclic) bond motifs is 1. The first-order valence-corrected chi connectivity index (χ1v) is 2.12. The highest BCUT2D eigenvalue weighted by molar-refractivity contribution is 5.66. The third-order valence-electron chi connectivity index (χ3n) is 0.885. The molecule has 0 bridgehead atoms. The highest BCUT2D eigenvalue weighted by Crippen LogP contribution is 2.09. The van der Waals surface area contributed by atoms with Crippen LogP contribution in [-0.2, 0) is 0 Å². The second kappa shape index (κ2) is 1.09. The van der Waals surface area contributed by atoms with Gasteiger partial charge in [0.05, 0.1) is 0 Å². The predicted molar refractivity (Wildman–Crippen MR) is 24.1 cm³/mol. The van der Waals surface area contributed by atoms with Crippen molar-refractivity contribution in [1.82, 2.24) is 10.3 Å². The van der Waals surface area contributed by atoms with Crippen LogP contribution in [0.1, 0.15) is 0 Å². The number of rotatable bonds is 0. The van der Waals surface area contributed by atoms with E-state index in [1.54, 1.807) is 0 Å². The molecule has 0 amide bonds. The Hall–Kier alpha value is -1.32. The lowest BCUT2D eigenvalue weighted by Gasteiger charge is -1.57. The number of nitrogens with zero attached hydrogens (tertiary/aromatic N) is 2. The molecule has 0 unspecified atom stereocenters. The zero-order valence-corrected chi connectivity index (χ0v) is 3.87. The summed E-state index contributed by atoms with van der Waals surface area (Å²) in [5, 5.41) is 6.91. The van der Waals surface area contributed by atoms with Gasteiger partial charge in [0.1, 0.15) is 12.4 Å². The molecule has 0 saturated carbocycles. The van der Waals surface area contributed by atoms with Crippen LogP contribution in [0.3, 0.4) is 0 Å². The molecule has 2 aromatic heterocycles. The first-order valence-electron chi connectivity index (χ1n) is 2.12. The minimum absolute atomic E-state index is 0.588. The lowest BCUT2D eigenvalue weighted by molar-refractivity contribution is 0.446. The smallest absolute Gasteiger partial charge is 0.226 e. The van der Waals surface area contributed by atoms with E-state index in [0.717, 1.165) is 0 Å².